The van der Waals surface area contributed by atoms with E-state index in [-0.39, 0.29) is 11.1 Å². The van der Waals surface area contributed by atoms with Gasteiger partial charge in [0.15, 0.2) is 5.82 Å². The number of carboxylic acid groups (broad SMARTS) is 1. The van der Waals surface area contributed by atoms with E-state index in [9.17, 15) is 23.1 Å². The van der Waals surface area contributed by atoms with Gasteiger partial charge in [-0.05, 0) is 44.5 Å². The van der Waals surface area contributed by atoms with Gasteiger partial charge in [-0.25, -0.2) is 13.6 Å². The molecule has 8 nitrogen and oxygen atoms in total. The molecule has 32 heavy (non-hydrogen) atoms. The maximum absolute atomic E-state index is 15.8. The van der Waals surface area contributed by atoms with Crippen LogP contribution in [0.1, 0.15) is 34.7 Å². The van der Waals surface area contributed by atoms with Gasteiger partial charge in [-0.15, -0.1) is 0 Å². The number of carbonyl (C=O) groups is 1. The largest absolute Gasteiger partial charge is 0.477 e. The lowest BCUT2D eigenvalue weighted by Crippen LogP contribution is -2.24. The van der Waals surface area contributed by atoms with Gasteiger partial charge in [0.05, 0.1) is 35.4 Å². The van der Waals surface area contributed by atoms with Crippen molar-refractivity contribution in [2.24, 2.45) is 0 Å². The molecule has 0 saturated carbocycles. The number of rotatable bonds is 6. The molecule has 0 unspecified atom stereocenters. The number of nitrogens with zero attached hydrogens (tertiary/aromatic N) is 2. The topological polar surface area (TPSA) is 116 Å². The number of aryl methyl sites for hydroxylation is 2. The van der Waals surface area contributed by atoms with Crippen LogP contribution >= 0.6 is 0 Å². The summed E-state index contributed by atoms with van der Waals surface area (Å²) in [5.41, 5.74) is -1.34. The summed E-state index contributed by atoms with van der Waals surface area (Å²) >= 11 is 0. The molecule has 1 aromatic carbocycles. The van der Waals surface area contributed by atoms with Crippen molar-refractivity contribution in [3.63, 3.8) is 0 Å². The summed E-state index contributed by atoms with van der Waals surface area (Å²) in [6.07, 6.45) is 1.73. The number of aromatic nitrogens is 2. The Morgan fingerprint density at radius 1 is 1.22 bits per heavy atom. The minimum atomic E-state index is -3.84. The van der Waals surface area contributed by atoms with Crippen molar-refractivity contribution < 1.29 is 31.3 Å². The quantitative estimate of drug-likeness (QED) is 0.555. The lowest BCUT2D eigenvalue weighted by Gasteiger charge is -2.21. The van der Waals surface area contributed by atoms with E-state index in [2.05, 4.69) is 4.98 Å². The van der Waals surface area contributed by atoms with E-state index >= 15 is 8.78 Å². The Kier molecular flexibility index (Phi) is 6.16. The molecular formula is C21H20F2N2O6S. The highest BCUT2D eigenvalue weighted by Gasteiger charge is 2.25. The normalized spacial score (nSPS) is 12.8. The number of fused-ring (bicyclic) bond motifs is 1. The Hall–Kier alpha value is -3.18. The molecule has 0 radical (unpaired) electrons. The van der Waals surface area contributed by atoms with Crippen molar-refractivity contribution in [1.82, 2.24) is 9.55 Å². The Bertz CT molecular complexity index is 1400. The smallest absolute Gasteiger partial charge is 0.341 e. The van der Waals surface area contributed by atoms with Gasteiger partial charge in [0.1, 0.15) is 11.4 Å². The van der Waals surface area contributed by atoms with Crippen LogP contribution in [0.25, 0.3) is 22.0 Å². The van der Waals surface area contributed by atoms with E-state index in [4.69, 9.17) is 4.18 Å². The van der Waals surface area contributed by atoms with Gasteiger partial charge in [0, 0.05) is 17.6 Å². The van der Waals surface area contributed by atoms with Gasteiger partial charge in [0.2, 0.25) is 5.43 Å². The summed E-state index contributed by atoms with van der Waals surface area (Å²) in [7, 11) is -3.84. The first-order valence-corrected chi connectivity index (χ1v) is 11.2. The van der Waals surface area contributed by atoms with Crippen LogP contribution in [0.4, 0.5) is 8.78 Å². The van der Waals surface area contributed by atoms with Gasteiger partial charge < -0.3 is 9.67 Å². The summed E-state index contributed by atoms with van der Waals surface area (Å²) in [5.74, 6) is -3.73. The Balaban J connectivity index is 2.39. The number of aromatic carboxylic acids is 1. The van der Waals surface area contributed by atoms with Crippen molar-refractivity contribution in [3.8, 4) is 11.1 Å². The van der Waals surface area contributed by atoms with Crippen LogP contribution in [0.5, 0.6) is 0 Å². The Morgan fingerprint density at radius 2 is 1.81 bits per heavy atom. The van der Waals surface area contributed by atoms with Gasteiger partial charge in [-0.2, -0.15) is 8.42 Å². The Morgan fingerprint density at radius 3 is 2.34 bits per heavy atom. The van der Waals surface area contributed by atoms with Crippen molar-refractivity contribution in [2.75, 3.05) is 12.9 Å². The molecule has 0 aliphatic carbocycles. The van der Waals surface area contributed by atoms with Gasteiger partial charge in [-0.1, -0.05) is 0 Å². The number of hydrogen-bond donors (Lipinski definition) is 1. The van der Waals surface area contributed by atoms with E-state index in [0.29, 0.717) is 11.4 Å². The first-order chi connectivity index (χ1) is 14.8. The first kappa shape index (κ1) is 23.5. The molecule has 1 atom stereocenters. The third-order valence-corrected chi connectivity index (χ3v) is 5.37. The van der Waals surface area contributed by atoms with Crippen LogP contribution in [-0.2, 0) is 14.3 Å². The number of carboxylic acids is 1. The van der Waals surface area contributed by atoms with Crippen LogP contribution in [0.2, 0.25) is 0 Å². The second-order valence-electron chi connectivity index (χ2n) is 7.50. The van der Waals surface area contributed by atoms with Gasteiger partial charge in [0.25, 0.3) is 10.1 Å². The highest BCUT2D eigenvalue weighted by atomic mass is 32.2. The summed E-state index contributed by atoms with van der Waals surface area (Å²) in [4.78, 5) is 28.4. The van der Waals surface area contributed by atoms with E-state index < -0.39 is 62.3 Å². The molecule has 0 aliphatic rings. The lowest BCUT2D eigenvalue weighted by molar-refractivity contribution is 0.0694. The Labute approximate surface area is 182 Å². The maximum Gasteiger partial charge on any atom is 0.341 e. The second-order valence-corrected chi connectivity index (χ2v) is 9.15. The highest BCUT2D eigenvalue weighted by molar-refractivity contribution is 7.85. The van der Waals surface area contributed by atoms with Crippen LogP contribution in [0, 0.1) is 25.5 Å². The lowest BCUT2D eigenvalue weighted by atomic mass is 9.99. The van der Waals surface area contributed by atoms with Crippen molar-refractivity contribution in [1.29, 1.82) is 0 Å². The molecule has 0 bridgehead atoms. The number of benzene rings is 1. The molecule has 0 spiro atoms. The predicted octanol–water partition coefficient (Wildman–Crippen LogP) is 3.19. The minimum Gasteiger partial charge on any atom is -0.477 e. The van der Waals surface area contributed by atoms with E-state index in [1.807, 2.05) is 0 Å². The summed E-state index contributed by atoms with van der Waals surface area (Å²) in [6, 6.07) is 2.82. The standard InChI is InChI=1S/C21H20F2N2O6S/c1-10-5-13(6-11(2)24-10)17-16(22)7-14-19(18(17)23)25(8-15(20(14)26)21(27)28)12(3)9-31-32(4,29)30/h5-8,12H,9H2,1-4H3,(H,27,28)/t12-/m0/s1. The van der Waals surface area contributed by atoms with Crippen molar-refractivity contribution in [2.45, 2.75) is 26.8 Å². The van der Waals surface area contributed by atoms with Crippen LogP contribution in [0.3, 0.4) is 0 Å². The average Bonchev–Trinajstić information content (AvgIpc) is 2.65. The van der Waals surface area contributed by atoms with E-state index in [1.54, 1.807) is 13.8 Å². The molecule has 0 amide bonds. The third-order valence-electron chi connectivity index (χ3n) is 4.81. The molecule has 170 valence electrons. The molecule has 2 heterocycles. The zero-order valence-electron chi connectivity index (χ0n) is 17.6. The molecule has 11 heteroatoms. The zero-order chi connectivity index (χ0) is 24.0. The van der Waals surface area contributed by atoms with E-state index in [0.717, 1.165) is 23.1 Å². The monoisotopic (exact) mass is 466 g/mol. The van der Waals surface area contributed by atoms with Gasteiger partial charge in [-0.3, -0.25) is 14.0 Å². The fourth-order valence-electron chi connectivity index (χ4n) is 3.49. The molecule has 0 aliphatic heterocycles. The minimum absolute atomic E-state index is 0.188. The zero-order valence-corrected chi connectivity index (χ0v) is 18.5. The summed E-state index contributed by atoms with van der Waals surface area (Å²) in [6.45, 7) is 4.31. The molecule has 0 fully saturated rings. The van der Waals surface area contributed by atoms with Gasteiger partial charge >= 0.3 is 5.97 Å². The fraction of sp³-hybridized carbons (Fsp3) is 0.286. The third kappa shape index (κ3) is 4.53. The van der Waals surface area contributed by atoms with Crippen molar-refractivity contribution in [3.05, 3.63) is 63.2 Å². The second kappa shape index (κ2) is 8.40. The first-order valence-electron chi connectivity index (χ1n) is 9.40. The highest BCUT2D eigenvalue weighted by Crippen LogP contribution is 2.33. The maximum atomic E-state index is 15.8. The van der Waals surface area contributed by atoms with Crippen LogP contribution in [-0.4, -0.2) is 41.9 Å². The van der Waals surface area contributed by atoms with Crippen LogP contribution in [0.15, 0.2) is 29.2 Å². The van der Waals surface area contributed by atoms with E-state index in [1.165, 1.54) is 19.1 Å². The molecule has 3 rings (SSSR count). The molecular weight excluding hydrogens is 446 g/mol. The van der Waals surface area contributed by atoms with Crippen LogP contribution < -0.4 is 5.43 Å². The van der Waals surface area contributed by atoms with Crippen molar-refractivity contribution >= 4 is 27.0 Å². The molecule has 2 aromatic heterocycles. The molecule has 1 N–H and O–H groups in total. The number of pyridine rings is 2. The summed E-state index contributed by atoms with van der Waals surface area (Å²) in [5, 5.41) is 8.90. The fourth-order valence-corrected chi connectivity index (χ4v) is 3.93. The summed E-state index contributed by atoms with van der Waals surface area (Å²) < 4.78 is 59.3. The number of halogens is 2. The number of hydrogen-bond acceptors (Lipinski definition) is 6. The SMILES string of the molecule is Cc1cc(-c2c(F)cc3c(=O)c(C(=O)O)cn([C@@H](C)COS(C)(=O)=O)c3c2F)cc(C)n1. The molecule has 0 saturated heterocycles. The molecule has 3 aromatic rings. The average molecular weight is 466 g/mol. The predicted molar refractivity (Wildman–Crippen MR) is 113 cm³/mol.